The lowest BCUT2D eigenvalue weighted by molar-refractivity contribution is -0.159. The maximum Gasteiger partial charge on any atom is 0.310 e. The van der Waals surface area contributed by atoms with Gasteiger partial charge in [-0.25, -0.2) is 0 Å². The van der Waals surface area contributed by atoms with Crippen molar-refractivity contribution < 1.29 is 19.1 Å². The lowest BCUT2D eigenvalue weighted by atomic mass is 9.89. The van der Waals surface area contributed by atoms with Gasteiger partial charge in [0.1, 0.15) is 5.75 Å². The van der Waals surface area contributed by atoms with Crippen LogP contribution in [-0.2, 0) is 14.3 Å². The third-order valence-corrected chi connectivity index (χ3v) is 4.96. The van der Waals surface area contributed by atoms with Gasteiger partial charge in [0.05, 0.1) is 18.2 Å². The number of amides is 1. The van der Waals surface area contributed by atoms with Crippen LogP contribution in [0.5, 0.6) is 5.75 Å². The highest BCUT2D eigenvalue weighted by Crippen LogP contribution is 2.30. The predicted octanol–water partition coefficient (Wildman–Crippen LogP) is 4.89. The van der Waals surface area contributed by atoms with Crippen LogP contribution in [0.25, 0.3) is 0 Å². The second kappa shape index (κ2) is 9.93. The molecule has 0 spiro atoms. The maximum absolute atomic E-state index is 13.0. The van der Waals surface area contributed by atoms with Crippen LogP contribution in [0.1, 0.15) is 50.7 Å². The summed E-state index contributed by atoms with van der Waals surface area (Å²) in [5, 5.41) is 2.86. The zero-order chi connectivity index (χ0) is 19.8. The molecule has 1 saturated carbocycles. The van der Waals surface area contributed by atoms with E-state index in [9.17, 15) is 9.59 Å². The normalized spacial score (nSPS) is 15.5. The van der Waals surface area contributed by atoms with Gasteiger partial charge in [-0.3, -0.25) is 9.59 Å². The summed E-state index contributed by atoms with van der Waals surface area (Å²) in [5.74, 6) is -0.212. The SMILES string of the molecule is CCOc1ccccc1NC(=O)C(OC(=O)C1CCCCC1)c1ccccc1. The van der Waals surface area contributed by atoms with Crippen molar-refractivity contribution in [3.05, 3.63) is 60.2 Å². The van der Waals surface area contributed by atoms with Crippen LogP contribution in [0.15, 0.2) is 54.6 Å². The lowest BCUT2D eigenvalue weighted by Crippen LogP contribution is -2.29. The topological polar surface area (TPSA) is 64.6 Å². The lowest BCUT2D eigenvalue weighted by Gasteiger charge is -2.24. The molecule has 0 aromatic heterocycles. The first kappa shape index (κ1) is 19.9. The molecular weight excluding hydrogens is 354 g/mol. The van der Waals surface area contributed by atoms with E-state index in [2.05, 4.69) is 5.32 Å². The molecule has 0 heterocycles. The summed E-state index contributed by atoms with van der Waals surface area (Å²) in [6, 6.07) is 16.4. The average molecular weight is 381 g/mol. The van der Waals surface area contributed by atoms with Crippen molar-refractivity contribution in [2.75, 3.05) is 11.9 Å². The molecule has 1 aliphatic carbocycles. The van der Waals surface area contributed by atoms with Gasteiger partial charge in [-0.1, -0.05) is 61.7 Å². The predicted molar refractivity (Wildman–Crippen MR) is 108 cm³/mol. The quantitative estimate of drug-likeness (QED) is 0.694. The van der Waals surface area contributed by atoms with E-state index in [0.717, 1.165) is 32.1 Å². The van der Waals surface area contributed by atoms with E-state index in [0.29, 0.717) is 23.6 Å². The molecule has 5 heteroatoms. The van der Waals surface area contributed by atoms with Crippen molar-refractivity contribution in [1.82, 2.24) is 0 Å². The Morgan fingerprint density at radius 3 is 2.39 bits per heavy atom. The molecule has 0 radical (unpaired) electrons. The Morgan fingerprint density at radius 1 is 1.00 bits per heavy atom. The number of hydrogen-bond donors (Lipinski definition) is 1. The molecule has 0 saturated heterocycles. The van der Waals surface area contributed by atoms with Gasteiger partial charge in [-0.2, -0.15) is 0 Å². The van der Waals surface area contributed by atoms with Crippen molar-refractivity contribution in [3.63, 3.8) is 0 Å². The number of carbonyl (C=O) groups excluding carboxylic acids is 2. The summed E-state index contributed by atoms with van der Waals surface area (Å²) in [4.78, 5) is 25.7. The minimum absolute atomic E-state index is 0.122. The fourth-order valence-electron chi connectivity index (χ4n) is 3.50. The maximum atomic E-state index is 13.0. The van der Waals surface area contributed by atoms with Crippen LogP contribution in [0.4, 0.5) is 5.69 Å². The Bertz CT molecular complexity index is 784. The molecule has 148 valence electrons. The Balaban J connectivity index is 1.78. The Kier molecular flexibility index (Phi) is 7.06. The fourth-order valence-corrected chi connectivity index (χ4v) is 3.50. The van der Waals surface area contributed by atoms with Crippen LogP contribution in [-0.4, -0.2) is 18.5 Å². The van der Waals surface area contributed by atoms with E-state index in [1.54, 1.807) is 24.3 Å². The number of esters is 1. The summed E-state index contributed by atoms with van der Waals surface area (Å²) in [7, 11) is 0. The highest BCUT2D eigenvalue weighted by Gasteiger charge is 2.30. The highest BCUT2D eigenvalue weighted by atomic mass is 16.5. The highest BCUT2D eigenvalue weighted by molar-refractivity contribution is 5.97. The van der Waals surface area contributed by atoms with E-state index in [1.165, 1.54) is 0 Å². The minimum atomic E-state index is -0.995. The van der Waals surface area contributed by atoms with Gasteiger partial charge >= 0.3 is 5.97 Å². The molecule has 1 aliphatic rings. The standard InChI is InChI=1S/C23H27NO4/c1-2-27-20-16-10-9-15-19(20)24-22(25)21(17-11-5-3-6-12-17)28-23(26)18-13-7-4-8-14-18/h3,5-6,9-12,15-16,18,21H,2,4,7-8,13-14H2,1H3,(H,24,25). The van der Waals surface area contributed by atoms with Gasteiger partial charge in [0.15, 0.2) is 0 Å². The number of rotatable bonds is 7. The van der Waals surface area contributed by atoms with Gasteiger partial charge in [0.25, 0.3) is 5.91 Å². The fraction of sp³-hybridized carbons (Fsp3) is 0.391. The molecule has 1 unspecified atom stereocenters. The number of carbonyl (C=O) groups is 2. The van der Waals surface area contributed by atoms with E-state index >= 15 is 0 Å². The summed E-state index contributed by atoms with van der Waals surface area (Å²) in [6.07, 6.45) is 3.88. The second-order valence-corrected chi connectivity index (χ2v) is 6.98. The van der Waals surface area contributed by atoms with Crippen LogP contribution >= 0.6 is 0 Å². The average Bonchev–Trinajstić information content (AvgIpc) is 2.74. The van der Waals surface area contributed by atoms with E-state index < -0.39 is 6.10 Å². The third-order valence-electron chi connectivity index (χ3n) is 4.96. The third kappa shape index (κ3) is 5.12. The second-order valence-electron chi connectivity index (χ2n) is 6.98. The number of nitrogens with one attached hydrogen (secondary N) is 1. The number of hydrogen-bond acceptors (Lipinski definition) is 4. The Morgan fingerprint density at radius 2 is 1.68 bits per heavy atom. The first-order valence-corrected chi connectivity index (χ1v) is 9.97. The molecular formula is C23H27NO4. The summed E-state index contributed by atoms with van der Waals surface area (Å²) < 4.78 is 11.3. The van der Waals surface area contributed by atoms with Crippen LogP contribution in [0.2, 0.25) is 0 Å². The molecule has 1 atom stereocenters. The molecule has 1 fully saturated rings. The van der Waals surface area contributed by atoms with Crippen molar-refractivity contribution in [1.29, 1.82) is 0 Å². The zero-order valence-electron chi connectivity index (χ0n) is 16.2. The first-order chi connectivity index (χ1) is 13.7. The molecule has 2 aromatic carbocycles. The van der Waals surface area contributed by atoms with E-state index in [1.807, 2.05) is 37.3 Å². The van der Waals surface area contributed by atoms with Gasteiger partial charge in [-0.05, 0) is 31.9 Å². The Hall–Kier alpha value is -2.82. The molecule has 1 amide bonds. The number of ether oxygens (including phenoxy) is 2. The molecule has 28 heavy (non-hydrogen) atoms. The van der Waals surface area contributed by atoms with Crippen LogP contribution in [0, 0.1) is 5.92 Å². The smallest absolute Gasteiger partial charge is 0.310 e. The summed E-state index contributed by atoms with van der Waals surface area (Å²) in [6.45, 7) is 2.38. The first-order valence-electron chi connectivity index (χ1n) is 9.97. The summed E-state index contributed by atoms with van der Waals surface area (Å²) in [5.41, 5.74) is 1.21. The van der Waals surface area contributed by atoms with Crippen LogP contribution < -0.4 is 10.1 Å². The Labute approximate surface area is 166 Å². The number of benzene rings is 2. The number of anilines is 1. The van der Waals surface area contributed by atoms with Gasteiger partial charge in [0, 0.05) is 5.56 Å². The molecule has 1 N–H and O–H groups in total. The largest absolute Gasteiger partial charge is 0.492 e. The number of para-hydroxylation sites is 2. The molecule has 5 nitrogen and oxygen atoms in total. The van der Waals surface area contributed by atoms with Gasteiger partial charge in [0.2, 0.25) is 6.10 Å². The zero-order valence-corrected chi connectivity index (χ0v) is 16.2. The van der Waals surface area contributed by atoms with Crippen LogP contribution in [0.3, 0.4) is 0 Å². The van der Waals surface area contributed by atoms with Gasteiger partial charge in [-0.15, -0.1) is 0 Å². The van der Waals surface area contributed by atoms with E-state index in [-0.39, 0.29) is 17.8 Å². The molecule has 0 bridgehead atoms. The van der Waals surface area contributed by atoms with Gasteiger partial charge < -0.3 is 14.8 Å². The minimum Gasteiger partial charge on any atom is -0.492 e. The van der Waals surface area contributed by atoms with Crippen molar-refractivity contribution in [2.24, 2.45) is 5.92 Å². The van der Waals surface area contributed by atoms with Crippen molar-refractivity contribution in [3.8, 4) is 5.75 Å². The van der Waals surface area contributed by atoms with E-state index in [4.69, 9.17) is 9.47 Å². The summed E-state index contributed by atoms with van der Waals surface area (Å²) >= 11 is 0. The molecule has 2 aromatic rings. The van der Waals surface area contributed by atoms with Crippen molar-refractivity contribution in [2.45, 2.75) is 45.1 Å². The monoisotopic (exact) mass is 381 g/mol. The molecule has 3 rings (SSSR count). The van der Waals surface area contributed by atoms with Crippen molar-refractivity contribution >= 4 is 17.6 Å². The molecule has 0 aliphatic heterocycles.